The molecule has 0 aliphatic heterocycles. The minimum Gasteiger partial charge on any atom is -0.422 e. The molecule has 0 unspecified atom stereocenters. The zero-order chi connectivity index (χ0) is 18.2. The number of primary sulfonamides is 1. The lowest BCUT2D eigenvalue weighted by Gasteiger charge is -2.06. The molecule has 25 heavy (non-hydrogen) atoms. The summed E-state index contributed by atoms with van der Waals surface area (Å²) in [5.41, 5.74) is -0.261. The number of carbonyl (C=O) groups is 1. The number of rotatable bonds is 3. The van der Waals surface area contributed by atoms with Crippen molar-refractivity contribution in [2.75, 3.05) is 5.32 Å². The van der Waals surface area contributed by atoms with Gasteiger partial charge >= 0.3 is 5.63 Å². The van der Waals surface area contributed by atoms with Crippen molar-refractivity contribution < 1.29 is 17.6 Å². The minimum atomic E-state index is -3.82. The highest BCUT2D eigenvalue weighted by molar-refractivity contribution is 9.10. The number of fused-ring (bicyclic) bond motifs is 1. The molecule has 0 aliphatic carbocycles. The molecule has 0 fully saturated rings. The van der Waals surface area contributed by atoms with Crippen LogP contribution in [-0.4, -0.2) is 14.3 Å². The fourth-order valence-corrected chi connectivity index (χ4v) is 3.07. The molecule has 7 nitrogen and oxygen atoms in total. The number of hydrogen-bond acceptors (Lipinski definition) is 5. The number of benzene rings is 2. The predicted octanol–water partition coefficient (Wildman–Crippen LogP) is 2.46. The molecular formula is C16H11BrN2O5S. The maximum absolute atomic E-state index is 12.3. The van der Waals surface area contributed by atoms with Crippen molar-refractivity contribution in [3.63, 3.8) is 0 Å². The van der Waals surface area contributed by atoms with E-state index in [4.69, 9.17) is 9.56 Å². The first-order valence-corrected chi connectivity index (χ1v) is 9.25. The highest BCUT2D eigenvalue weighted by Crippen LogP contribution is 2.20. The summed E-state index contributed by atoms with van der Waals surface area (Å²) >= 11 is 3.31. The number of halogens is 1. The number of sulfonamides is 1. The molecule has 0 bridgehead atoms. The first kappa shape index (κ1) is 17.3. The number of amides is 1. The number of nitrogens with one attached hydrogen (secondary N) is 1. The van der Waals surface area contributed by atoms with Gasteiger partial charge in [-0.05, 0) is 48.5 Å². The first-order chi connectivity index (χ1) is 11.7. The van der Waals surface area contributed by atoms with E-state index in [0.29, 0.717) is 16.7 Å². The Morgan fingerprint density at radius 1 is 1.08 bits per heavy atom. The quantitative estimate of drug-likeness (QED) is 0.628. The highest BCUT2D eigenvalue weighted by atomic mass is 79.9. The van der Waals surface area contributed by atoms with Gasteiger partial charge in [-0.3, -0.25) is 4.79 Å². The Hall–Kier alpha value is -2.49. The van der Waals surface area contributed by atoms with Crippen molar-refractivity contribution in [2.24, 2.45) is 5.14 Å². The van der Waals surface area contributed by atoms with E-state index >= 15 is 0 Å². The molecule has 2 aromatic carbocycles. The second-order valence-corrected chi connectivity index (χ2v) is 7.63. The van der Waals surface area contributed by atoms with E-state index in [1.165, 1.54) is 30.3 Å². The van der Waals surface area contributed by atoms with Gasteiger partial charge < -0.3 is 9.73 Å². The van der Waals surface area contributed by atoms with Crippen LogP contribution in [-0.2, 0) is 10.0 Å². The lowest BCUT2D eigenvalue weighted by molar-refractivity contribution is 0.102. The molecule has 9 heteroatoms. The second-order valence-electron chi connectivity index (χ2n) is 5.15. The number of nitrogens with two attached hydrogens (primary N) is 1. The van der Waals surface area contributed by atoms with Crippen LogP contribution in [0.5, 0.6) is 0 Å². The molecule has 0 atom stereocenters. The van der Waals surface area contributed by atoms with Crippen LogP contribution in [0.3, 0.4) is 0 Å². The molecule has 3 aromatic rings. The van der Waals surface area contributed by atoms with E-state index in [1.807, 2.05) is 0 Å². The van der Waals surface area contributed by atoms with Crippen LogP contribution in [0, 0.1) is 0 Å². The van der Waals surface area contributed by atoms with Crippen molar-refractivity contribution in [3.05, 3.63) is 69.0 Å². The third-order valence-corrected chi connectivity index (χ3v) is 4.80. The lowest BCUT2D eigenvalue weighted by Crippen LogP contribution is -2.20. The van der Waals surface area contributed by atoms with Crippen molar-refractivity contribution in [1.29, 1.82) is 0 Å². The van der Waals surface area contributed by atoms with E-state index in [1.54, 1.807) is 18.2 Å². The van der Waals surface area contributed by atoms with E-state index < -0.39 is 21.6 Å². The molecule has 1 aromatic heterocycles. The standard InChI is InChI=1S/C16H11BrN2O5S/c17-10-1-6-14-9(7-10)8-13(16(21)24-14)15(20)19-11-2-4-12(5-3-11)25(18,22)23/h1-8H,(H,19,20)(H2,18,22,23). The Kier molecular flexibility index (Phi) is 4.46. The molecule has 1 heterocycles. The average molecular weight is 423 g/mol. The average Bonchev–Trinajstić information content (AvgIpc) is 2.54. The van der Waals surface area contributed by atoms with Gasteiger partial charge in [0.1, 0.15) is 11.1 Å². The van der Waals surface area contributed by atoms with Crippen molar-refractivity contribution >= 4 is 48.5 Å². The van der Waals surface area contributed by atoms with Crippen molar-refractivity contribution in [1.82, 2.24) is 0 Å². The Labute approximate surface area is 150 Å². The maximum atomic E-state index is 12.3. The Balaban J connectivity index is 1.92. The fraction of sp³-hybridized carbons (Fsp3) is 0. The van der Waals surface area contributed by atoms with Gasteiger partial charge in [0.25, 0.3) is 5.91 Å². The summed E-state index contributed by atoms with van der Waals surface area (Å²) in [5, 5.41) is 8.11. The van der Waals surface area contributed by atoms with Gasteiger partial charge in [0.05, 0.1) is 4.90 Å². The third-order valence-electron chi connectivity index (χ3n) is 3.38. The highest BCUT2D eigenvalue weighted by Gasteiger charge is 2.15. The molecule has 3 N–H and O–H groups in total. The fourth-order valence-electron chi connectivity index (χ4n) is 2.18. The second kappa shape index (κ2) is 6.43. The topological polar surface area (TPSA) is 119 Å². The molecule has 0 spiro atoms. The number of hydrogen-bond donors (Lipinski definition) is 2. The summed E-state index contributed by atoms with van der Waals surface area (Å²) in [5.74, 6) is -0.668. The van der Waals surface area contributed by atoms with Gasteiger partial charge in [-0.2, -0.15) is 0 Å². The van der Waals surface area contributed by atoms with Gasteiger partial charge in [-0.25, -0.2) is 18.4 Å². The molecule has 1 amide bonds. The number of anilines is 1. The minimum absolute atomic E-state index is 0.0828. The monoisotopic (exact) mass is 422 g/mol. The van der Waals surface area contributed by atoms with Gasteiger partial charge in [0.15, 0.2) is 0 Å². The van der Waals surface area contributed by atoms with E-state index in [-0.39, 0.29) is 10.5 Å². The smallest absolute Gasteiger partial charge is 0.349 e. The molecule has 0 radical (unpaired) electrons. The molecule has 0 aliphatic rings. The van der Waals surface area contributed by atoms with Crippen LogP contribution in [0.15, 0.2) is 67.1 Å². The van der Waals surface area contributed by atoms with E-state index in [2.05, 4.69) is 21.2 Å². The van der Waals surface area contributed by atoms with Crippen LogP contribution in [0.2, 0.25) is 0 Å². The summed E-state index contributed by atoms with van der Waals surface area (Å²) in [6.45, 7) is 0. The summed E-state index contributed by atoms with van der Waals surface area (Å²) in [6.07, 6.45) is 0. The largest absolute Gasteiger partial charge is 0.422 e. The Bertz CT molecular complexity index is 1140. The molecule has 128 valence electrons. The molecule has 0 saturated carbocycles. The first-order valence-electron chi connectivity index (χ1n) is 6.92. The summed E-state index contributed by atoms with van der Waals surface area (Å²) in [7, 11) is -3.82. The molecule has 3 rings (SSSR count). The van der Waals surface area contributed by atoms with Crippen LogP contribution < -0.4 is 16.1 Å². The summed E-state index contributed by atoms with van der Waals surface area (Å²) < 4.78 is 28.3. The van der Waals surface area contributed by atoms with Gasteiger partial charge in [0.2, 0.25) is 10.0 Å². The molecular weight excluding hydrogens is 412 g/mol. The van der Waals surface area contributed by atoms with Gasteiger partial charge in [0, 0.05) is 15.5 Å². The van der Waals surface area contributed by atoms with Crippen LogP contribution in [0.1, 0.15) is 10.4 Å². The predicted molar refractivity (Wildman–Crippen MR) is 96.0 cm³/mol. The Morgan fingerprint density at radius 2 is 1.76 bits per heavy atom. The SMILES string of the molecule is NS(=O)(=O)c1ccc(NC(=O)c2cc3cc(Br)ccc3oc2=O)cc1. The van der Waals surface area contributed by atoms with Crippen molar-refractivity contribution in [2.45, 2.75) is 4.90 Å². The number of carbonyl (C=O) groups excluding carboxylic acids is 1. The summed E-state index contributed by atoms with van der Waals surface area (Å²) in [6, 6.07) is 11.7. The van der Waals surface area contributed by atoms with Crippen molar-refractivity contribution in [3.8, 4) is 0 Å². The maximum Gasteiger partial charge on any atom is 0.349 e. The van der Waals surface area contributed by atoms with Crippen LogP contribution in [0.25, 0.3) is 11.0 Å². The van der Waals surface area contributed by atoms with Crippen LogP contribution in [0.4, 0.5) is 5.69 Å². The van der Waals surface area contributed by atoms with Crippen LogP contribution >= 0.6 is 15.9 Å². The van der Waals surface area contributed by atoms with Gasteiger partial charge in [-0.1, -0.05) is 15.9 Å². The third kappa shape index (κ3) is 3.78. The summed E-state index contributed by atoms with van der Waals surface area (Å²) in [4.78, 5) is 24.2. The molecule has 0 saturated heterocycles. The normalized spacial score (nSPS) is 11.4. The van der Waals surface area contributed by atoms with E-state index in [0.717, 1.165) is 4.47 Å². The lowest BCUT2D eigenvalue weighted by atomic mass is 10.1. The van der Waals surface area contributed by atoms with E-state index in [9.17, 15) is 18.0 Å². The van der Waals surface area contributed by atoms with Gasteiger partial charge in [-0.15, -0.1) is 0 Å². The zero-order valence-electron chi connectivity index (χ0n) is 12.5. The Morgan fingerprint density at radius 3 is 2.40 bits per heavy atom. The zero-order valence-corrected chi connectivity index (χ0v) is 14.9.